The Balaban J connectivity index is 1.86. The fourth-order valence-electron chi connectivity index (χ4n) is 4.63. The Morgan fingerprint density at radius 3 is 2.21 bits per heavy atom. The number of nitrogens with zero attached hydrogens (tertiary/aromatic N) is 3. The Morgan fingerprint density at radius 1 is 1.03 bits per heavy atom. The SMILES string of the molecule is COc1ccc(C=[N+]2C=C(O)NC2=O)cc1-c1cc2c(cc1C)N(C(C)C)CCN2C(C)C. The lowest BCUT2D eigenvalue weighted by Crippen LogP contribution is -2.46. The first-order valence-electron chi connectivity index (χ1n) is 11.4. The van der Waals surface area contributed by atoms with Crippen LogP contribution in [-0.4, -0.2) is 54.2 Å². The van der Waals surface area contributed by atoms with Gasteiger partial charge in [0, 0.05) is 36.3 Å². The third-order valence-electron chi connectivity index (χ3n) is 6.30. The molecule has 2 aliphatic rings. The molecular formula is C26H33N4O3+. The summed E-state index contributed by atoms with van der Waals surface area (Å²) in [5.41, 5.74) is 6.55. The van der Waals surface area contributed by atoms with E-state index in [1.807, 2.05) is 18.2 Å². The zero-order chi connectivity index (χ0) is 23.9. The molecule has 2 aromatic carbocycles. The molecule has 2 N–H and O–H groups in total. The van der Waals surface area contributed by atoms with Crippen molar-refractivity contribution in [2.75, 3.05) is 30.0 Å². The predicted octanol–water partition coefficient (Wildman–Crippen LogP) is 4.63. The molecule has 2 amide bonds. The number of carbonyl (C=O) groups is 1. The first-order valence-corrected chi connectivity index (χ1v) is 11.4. The van der Waals surface area contributed by atoms with E-state index in [4.69, 9.17) is 4.74 Å². The number of nitrogens with one attached hydrogen (secondary N) is 1. The lowest BCUT2D eigenvalue weighted by atomic mass is 9.94. The average Bonchev–Trinajstić information content (AvgIpc) is 3.08. The Hall–Kier alpha value is -3.48. The molecule has 2 heterocycles. The van der Waals surface area contributed by atoms with Crippen molar-refractivity contribution >= 4 is 23.6 Å². The van der Waals surface area contributed by atoms with Gasteiger partial charge in [-0.15, -0.1) is 0 Å². The van der Waals surface area contributed by atoms with E-state index in [0.717, 1.165) is 41.1 Å². The number of anilines is 2. The van der Waals surface area contributed by atoms with Crippen LogP contribution in [0.5, 0.6) is 5.75 Å². The maximum atomic E-state index is 12.0. The number of aliphatic hydroxyl groups excluding tert-OH is 1. The minimum absolute atomic E-state index is 0.168. The van der Waals surface area contributed by atoms with Crippen LogP contribution >= 0.6 is 0 Å². The van der Waals surface area contributed by atoms with E-state index in [2.05, 4.69) is 61.9 Å². The zero-order valence-electron chi connectivity index (χ0n) is 20.2. The second-order valence-electron chi connectivity index (χ2n) is 9.17. The van der Waals surface area contributed by atoms with Crippen LogP contribution in [0.15, 0.2) is 42.4 Å². The molecule has 0 bridgehead atoms. The minimum Gasteiger partial charge on any atom is -0.496 e. The first kappa shape index (κ1) is 22.7. The molecule has 0 unspecified atom stereocenters. The zero-order valence-corrected chi connectivity index (χ0v) is 20.2. The molecule has 0 atom stereocenters. The summed E-state index contributed by atoms with van der Waals surface area (Å²) in [6, 6.07) is 10.8. The van der Waals surface area contributed by atoms with Crippen LogP contribution in [0.3, 0.4) is 0 Å². The lowest BCUT2D eigenvalue weighted by Gasteiger charge is -2.43. The Labute approximate surface area is 195 Å². The second kappa shape index (κ2) is 8.81. The summed E-state index contributed by atoms with van der Waals surface area (Å²) in [6.45, 7) is 13.1. The largest absolute Gasteiger partial charge is 0.503 e. The summed E-state index contributed by atoms with van der Waals surface area (Å²) >= 11 is 0. The normalized spacial score (nSPS) is 17.0. The summed E-state index contributed by atoms with van der Waals surface area (Å²) in [7, 11) is 1.67. The van der Waals surface area contributed by atoms with Gasteiger partial charge in [-0.05, 0) is 76.1 Å². The first-order chi connectivity index (χ1) is 15.7. The highest BCUT2D eigenvalue weighted by molar-refractivity contribution is 5.89. The Bertz CT molecular complexity index is 1150. The van der Waals surface area contributed by atoms with Crippen LogP contribution in [0.1, 0.15) is 38.8 Å². The van der Waals surface area contributed by atoms with E-state index in [9.17, 15) is 9.90 Å². The average molecular weight is 450 g/mol. The summed E-state index contributed by atoms with van der Waals surface area (Å²) in [5.74, 6) is 0.603. The highest BCUT2D eigenvalue weighted by atomic mass is 16.5. The van der Waals surface area contributed by atoms with E-state index >= 15 is 0 Å². The van der Waals surface area contributed by atoms with Crippen molar-refractivity contribution in [1.82, 2.24) is 5.32 Å². The molecule has 0 spiro atoms. The van der Waals surface area contributed by atoms with Crippen LogP contribution in [-0.2, 0) is 0 Å². The highest BCUT2D eigenvalue weighted by Crippen LogP contribution is 2.42. The van der Waals surface area contributed by atoms with E-state index in [-0.39, 0.29) is 5.88 Å². The van der Waals surface area contributed by atoms with Gasteiger partial charge in [-0.3, -0.25) is 0 Å². The second-order valence-corrected chi connectivity index (χ2v) is 9.17. The van der Waals surface area contributed by atoms with Gasteiger partial charge in [0.2, 0.25) is 0 Å². The number of hydrogen-bond donors (Lipinski definition) is 2. The number of benzene rings is 2. The molecule has 0 fully saturated rings. The van der Waals surface area contributed by atoms with Crippen molar-refractivity contribution < 1.29 is 19.2 Å². The lowest BCUT2D eigenvalue weighted by molar-refractivity contribution is -0.336. The molecule has 2 aliphatic heterocycles. The van der Waals surface area contributed by atoms with Crippen molar-refractivity contribution in [1.29, 1.82) is 0 Å². The van der Waals surface area contributed by atoms with Gasteiger partial charge >= 0.3 is 11.9 Å². The number of urea groups is 1. The van der Waals surface area contributed by atoms with Crippen LogP contribution in [0.4, 0.5) is 16.2 Å². The number of amides is 2. The van der Waals surface area contributed by atoms with Gasteiger partial charge < -0.3 is 19.6 Å². The third kappa shape index (κ3) is 4.27. The monoisotopic (exact) mass is 449 g/mol. The maximum Gasteiger partial charge on any atom is 0.503 e. The van der Waals surface area contributed by atoms with Crippen molar-refractivity contribution in [3.05, 3.63) is 53.5 Å². The number of aliphatic hydroxyl groups is 1. The quantitative estimate of drug-likeness (QED) is 0.652. The molecule has 7 heteroatoms. The van der Waals surface area contributed by atoms with Crippen molar-refractivity contribution in [3.8, 4) is 16.9 Å². The van der Waals surface area contributed by atoms with Gasteiger partial charge in [-0.2, -0.15) is 14.7 Å². The number of hydrogen-bond acceptors (Lipinski definition) is 5. The molecule has 2 aromatic rings. The van der Waals surface area contributed by atoms with E-state index in [1.165, 1.54) is 22.2 Å². The highest BCUT2D eigenvalue weighted by Gasteiger charge is 2.28. The van der Waals surface area contributed by atoms with E-state index < -0.39 is 6.03 Å². The molecule has 0 radical (unpaired) electrons. The molecule has 33 heavy (non-hydrogen) atoms. The van der Waals surface area contributed by atoms with Gasteiger partial charge in [-0.25, -0.2) is 0 Å². The number of ether oxygens (including phenoxy) is 1. The summed E-state index contributed by atoms with van der Waals surface area (Å²) in [6.07, 6.45) is 3.05. The number of rotatable bonds is 5. The molecule has 0 saturated heterocycles. The fourth-order valence-corrected chi connectivity index (χ4v) is 4.63. The molecule has 0 aliphatic carbocycles. The van der Waals surface area contributed by atoms with Crippen molar-refractivity contribution in [2.45, 2.75) is 46.7 Å². The Morgan fingerprint density at radius 2 is 1.67 bits per heavy atom. The summed E-state index contributed by atoms with van der Waals surface area (Å²) < 4.78 is 7.05. The summed E-state index contributed by atoms with van der Waals surface area (Å²) in [4.78, 5) is 16.9. The van der Waals surface area contributed by atoms with Gasteiger partial charge in [0.1, 0.15) is 12.0 Å². The number of methoxy groups -OCH3 is 1. The fraction of sp³-hybridized carbons (Fsp3) is 0.385. The molecule has 7 nitrogen and oxygen atoms in total. The maximum absolute atomic E-state index is 12.0. The molecule has 0 saturated carbocycles. The number of fused-ring (bicyclic) bond motifs is 1. The van der Waals surface area contributed by atoms with Gasteiger partial charge in [-0.1, -0.05) is 0 Å². The van der Waals surface area contributed by atoms with E-state index in [0.29, 0.717) is 12.1 Å². The van der Waals surface area contributed by atoms with Crippen LogP contribution in [0.2, 0.25) is 0 Å². The Kier molecular flexibility index (Phi) is 6.06. The predicted molar refractivity (Wildman–Crippen MR) is 133 cm³/mol. The molecule has 0 aromatic heterocycles. The van der Waals surface area contributed by atoms with E-state index in [1.54, 1.807) is 13.3 Å². The van der Waals surface area contributed by atoms with Gasteiger partial charge in [0.05, 0.1) is 18.5 Å². The minimum atomic E-state index is -0.392. The topological polar surface area (TPSA) is 68.0 Å². The number of carbonyl (C=O) groups excluding carboxylic acids is 1. The van der Waals surface area contributed by atoms with Gasteiger partial charge in [0.25, 0.3) is 0 Å². The van der Waals surface area contributed by atoms with Crippen LogP contribution < -0.4 is 19.9 Å². The van der Waals surface area contributed by atoms with Crippen LogP contribution in [0.25, 0.3) is 11.1 Å². The van der Waals surface area contributed by atoms with Gasteiger partial charge in [0.15, 0.2) is 6.20 Å². The van der Waals surface area contributed by atoms with Crippen molar-refractivity contribution in [3.63, 3.8) is 0 Å². The van der Waals surface area contributed by atoms with Crippen molar-refractivity contribution in [2.24, 2.45) is 0 Å². The molecular weight excluding hydrogens is 416 g/mol. The third-order valence-corrected chi connectivity index (χ3v) is 6.30. The molecule has 174 valence electrons. The summed E-state index contributed by atoms with van der Waals surface area (Å²) in [5, 5.41) is 11.9. The standard InChI is InChI=1S/C26H32N4O3/c1-16(2)29-9-10-30(17(3)4)23-13-20(18(5)11-22(23)29)21-12-19(7-8-24(21)33-6)14-28-15-25(31)27-26(28)32/h7-8,11-17H,9-10H2,1-6H3,(H-,27,31,32)/p+1. The molecule has 4 rings (SSSR count). The number of aryl methyl sites for hydroxylation is 1. The smallest absolute Gasteiger partial charge is 0.496 e. The van der Waals surface area contributed by atoms with Crippen LogP contribution in [0, 0.1) is 6.92 Å².